The average molecular weight is 340 g/mol. The van der Waals surface area contributed by atoms with Crippen molar-refractivity contribution in [1.82, 2.24) is 5.43 Å². The molecular formula is C20H24N2O3. The predicted octanol–water partition coefficient (Wildman–Crippen LogP) is 3.39. The molecule has 0 aliphatic rings. The predicted molar refractivity (Wildman–Crippen MR) is 99.2 cm³/mol. The van der Waals surface area contributed by atoms with Crippen LogP contribution in [0, 0.1) is 0 Å². The quantitative estimate of drug-likeness (QED) is 0.647. The van der Waals surface area contributed by atoms with E-state index in [9.17, 15) is 9.90 Å². The van der Waals surface area contributed by atoms with E-state index in [0.29, 0.717) is 11.3 Å². The van der Waals surface area contributed by atoms with Gasteiger partial charge in [-0.1, -0.05) is 45.0 Å². The van der Waals surface area contributed by atoms with Gasteiger partial charge in [0.15, 0.2) is 0 Å². The molecular weight excluding hydrogens is 316 g/mol. The van der Waals surface area contributed by atoms with Gasteiger partial charge in [-0.05, 0) is 34.7 Å². The van der Waals surface area contributed by atoms with Gasteiger partial charge in [0.25, 0.3) is 0 Å². The van der Waals surface area contributed by atoms with Gasteiger partial charge >= 0.3 is 0 Å². The van der Waals surface area contributed by atoms with Crippen molar-refractivity contribution in [3.8, 4) is 11.5 Å². The van der Waals surface area contributed by atoms with E-state index in [1.165, 1.54) is 17.8 Å². The van der Waals surface area contributed by atoms with E-state index >= 15 is 0 Å². The molecule has 0 spiro atoms. The molecule has 0 aromatic heterocycles. The molecule has 5 nitrogen and oxygen atoms in total. The number of carbonyl (C=O) groups is 1. The molecule has 25 heavy (non-hydrogen) atoms. The number of amides is 1. The van der Waals surface area contributed by atoms with Gasteiger partial charge in [-0.3, -0.25) is 4.79 Å². The first-order chi connectivity index (χ1) is 11.8. The maximum Gasteiger partial charge on any atom is 0.244 e. The van der Waals surface area contributed by atoms with E-state index < -0.39 is 0 Å². The average Bonchev–Trinajstić information content (AvgIpc) is 2.56. The van der Waals surface area contributed by atoms with E-state index in [2.05, 4.69) is 31.3 Å². The largest absolute Gasteiger partial charge is 0.507 e. The van der Waals surface area contributed by atoms with E-state index in [1.807, 2.05) is 24.3 Å². The van der Waals surface area contributed by atoms with Crippen LogP contribution >= 0.6 is 0 Å². The number of benzene rings is 2. The lowest BCUT2D eigenvalue weighted by Crippen LogP contribution is -2.20. The summed E-state index contributed by atoms with van der Waals surface area (Å²) >= 11 is 0. The molecule has 0 atom stereocenters. The number of nitrogens with zero attached hydrogens (tertiary/aromatic N) is 1. The zero-order valence-electron chi connectivity index (χ0n) is 15.0. The maximum atomic E-state index is 12.0. The molecule has 2 N–H and O–H groups in total. The molecule has 132 valence electrons. The Bertz CT molecular complexity index is 760. The summed E-state index contributed by atoms with van der Waals surface area (Å²) in [4.78, 5) is 12.0. The molecule has 0 heterocycles. The summed E-state index contributed by atoms with van der Waals surface area (Å²) in [6.45, 7) is 6.45. The normalized spacial score (nSPS) is 11.5. The molecule has 0 aliphatic carbocycles. The van der Waals surface area contributed by atoms with Crippen LogP contribution in [-0.2, 0) is 16.6 Å². The van der Waals surface area contributed by atoms with E-state index in [4.69, 9.17) is 4.74 Å². The summed E-state index contributed by atoms with van der Waals surface area (Å²) in [5.74, 6) is 0.447. The lowest BCUT2D eigenvalue weighted by molar-refractivity contribution is -0.120. The third-order valence-corrected chi connectivity index (χ3v) is 3.81. The highest BCUT2D eigenvalue weighted by Crippen LogP contribution is 2.22. The van der Waals surface area contributed by atoms with Crippen LogP contribution in [0.1, 0.15) is 37.5 Å². The second-order valence-electron chi connectivity index (χ2n) is 6.84. The summed E-state index contributed by atoms with van der Waals surface area (Å²) in [7, 11) is 1.54. The van der Waals surface area contributed by atoms with Crippen molar-refractivity contribution in [3.05, 3.63) is 59.2 Å². The van der Waals surface area contributed by atoms with Crippen molar-refractivity contribution < 1.29 is 14.6 Å². The minimum Gasteiger partial charge on any atom is -0.507 e. The van der Waals surface area contributed by atoms with Gasteiger partial charge in [-0.2, -0.15) is 5.10 Å². The molecule has 0 saturated carbocycles. The molecule has 0 bridgehead atoms. The second-order valence-corrected chi connectivity index (χ2v) is 6.84. The van der Waals surface area contributed by atoms with E-state index in [1.54, 1.807) is 19.2 Å². The second kappa shape index (κ2) is 7.83. The number of hydrogen-bond acceptors (Lipinski definition) is 4. The Hall–Kier alpha value is -2.82. The summed E-state index contributed by atoms with van der Waals surface area (Å²) < 4.78 is 5.09. The SMILES string of the molecule is COc1ccc(O)c(/C=N\NC(=O)Cc2ccc(C(C)(C)C)cc2)c1. The summed E-state index contributed by atoms with van der Waals surface area (Å²) in [6, 6.07) is 12.8. The fraction of sp³-hybridized carbons (Fsp3) is 0.300. The van der Waals surface area contributed by atoms with Gasteiger partial charge in [0, 0.05) is 5.56 Å². The Balaban J connectivity index is 1.94. The molecule has 0 aliphatic heterocycles. The summed E-state index contributed by atoms with van der Waals surface area (Å²) in [5, 5.41) is 13.7. The topological polar surface area (TPSA) is 70.9 Å². The number of rotatable bonds is 5. The van der Waals surface area contributed by atoms with Gasteiger partial charge in [0.05, 0.1) is 19.7 Å². The summed E-state index contributed by atoms with van der Waals surface area (Å²) in [6.07, 6.45) is 1.63. The van der Waals surface area contributed by atoms with Crippen LogP contribution in [0.25, 0.3) is 0 Å². The van der Waals surface area contributed by atoms with Crippen LogP contribution in [0.5, 0.6) is 11.5 Å². The Labute approximate surface area is 148 Å². The molecule has 2 rings (SSSR count). The highest BCUT2D eigenvalue weighted by Gasteiger charge is 2.13. The van der Waals surface area contributed by atoms with Crippen LogP contribution in [0.3, 0.4) is 0 Å². The molecule has 0 unspecified atom stereocenters. The monoisotopic (exact) mass is 340 g/mol. The Morgan fingerprint density at radius 2 is 1.88 bits per heavy atom. The molecule has 0 radical (unpaired) electrons. The van der Waals surface area contributed by atoms with E-state index in [0.717, 1.165) is 5.56 Å². The van der Waals surface area contributed by atoms with Crippen LogP contribution in [0.2, 0.25) is 0 Å². The number of aromatic hydroxyl groups is 1. The smallest absolute Gasteiger partial charge is 0.244 e. The lowest BCUT2D eigenvalue weighted by Gasteiger charge is -2.19. The fourth-order valence-corrected chi connectivity index (χ4v) is 2.28. The highest BCUT2D eigenvalue weighted by molar-refractivity contribution is 5.86. The van der Waals surface area contributed by atoms with Crippen LogP contribution in [0.15, 0.2) is 47.6 Å². The first kappa shape index (κ1) is 18.5. The van der Waals surface area contributed by atoms with E-state index in [-0.39, 0.29) is 23.5 Å². The number of nitrogens with one attached hydrogen (secondary N) is 1. The van der Waals surface area contributed by atoms with Gasteiger partial charge < -0.3 is 9.84 Å². The number of carbonyl (C=O) groups excluding carboxylic acids is 1. The fourth-order valence-electron chi connectivity index (χ4n) is 2.28. The number of methoxy groups -OCH3 is 1. The molecule has 2 aromatic rings. The lowest BCUT2D eigenvalue weighted by atomic mass is 9.86. The number of hydrogen-bond donors (Lipinski definition) is 2. The van der Waals surface area contributed by atoms with Gasteiger partial charge in [0.1, 0.15) is 11.5 Å². The van der Waals surface area contributed by atoms with Gasteiger partial charge in [-0.15, -0.1) is 0 Å². The highest BCUT2D eigenvalue weighted by atomic mass is 16.5. The third-order valence-electron chi connectivity index (χ3n) is 3.81. The zero-order chi connectivity index (χ0) is 18.4. The van der Waals surface area contributed by atoms with Crippen LogP contribution in [-0.4, -0.2) is 24.3 Å². The zero-order valence-corrected chi connectivity index (χ0v) is 15.0. The van der Waals surface area contributed by atoms with Crippen molar-refractivity contribution in [2.24, 2.45) is 5.10 Å². The Morgan fingerprint density at radius 1 is 1.20 bits per heavy atom. The Morgan fingerprint density at radius 3 is 2.48 bits per heavy atom. The number of hydrazone groups is 1. The third kappa shape index (κ3) is 5.35. The molecule has 5 heteroatoms. The molecule has 2 aromatic carbocycles. The van der Waals surface area contributed by atoms with Crippen LogP contribution < -0.4 is 10.2 Å². The molecule has 1 amide bonds. The van der Waals surface area contributed by atoms with Crippen molar-refractivity contribution >= 4 is 12.1 Å². The van der Waals surface area contributed by atoms with Gasteiger partial charge in [0.2, 0.25) is 5.91 Å². The number of phenolic OH excluding ortho intramolecular Hbond substituents is 1. The molecule has 0 saturated heterocycles. The molecule has 0 fully saturated rings. The standard InChI is InChI=1S/C20H24N2O3/c1-20(2,3)16-7-5-14(6-8-16)11-19(24)22-21-13-15-12-17(25-4)9-10-18(15)23/h5-10,12-13,23H,11H2,1-4H3,(H,22,24)/b21-13-. The van der Waals surface area contributed by atoms with Crippen LogP contribution in [0.4, 0.5) is 0 Å². The van der Waals surface area contributed by atoms with Gasteiger partial charge in [-0.25, -0.2) is 5.43 Å². The summed E-state index contributed by atoms with van der Waals surface area (Å²) in [5.41, 5.74) is 5.17. The first-order valence-corrected chi connectivity index (χ1v) is 8.08. The van der Waals surface area contributed by atoms with Crippen molar-refractivity contribution in [1.29, 1.82) is 0 Å². The number of phenols is 1. The van der Waals surface area contributed by atoms with Crippen molar-refractivity contribution in [2.45, 2.75) is 32.6 Å². The number of ether oxygens (including phenoxy) is 1. The minimum atomic E-state index is -0.220. The van der Waals surface area contributed by atoms with Crippen molar-refractivity contribution in [2.75, 3.05) is 7.11 Å². The maximum absolute atomic E-state index is 12.0. The Kier molecular flexibility index (Phi) is 5.80. The first-order valence-electron chi connectivity index (χ1n) is 8.08. The minimum absolute atomic E-state index is 0.0663. The van der Waals surface area contributed by atoms with Crippen molar-refractivity contribution in [3.63, 3.8) is 0 Å².